The summed E-state index contributed by atoms with van der Waals surface area (Å²) in [5.74, 6) is -0.328. The minimum atomic E-state index is -0.328. The second-order valence-electron chi connectivity index (χ2n) is 3.35. The number of nitrogens with zero attached hydrogens (tertiary/aromatic N) is 2. The fraction of sp³-hybridized carbons (Fsp3) is 0.100. The van der Waals surface area contributed by atoms with Crippen LogP contribution in [-0.2, 0) is 0 Å². The van der Waals surface area contributed by atoms with Gasteiger partial charge >= 0.3 is 0 Å². The molecule has 0 unspecified atom stereocenters. The molecule has 0 saturated heterocycles. The quantitative estimate of drug-likeness (QED) is 0.697. The standard InChI is InChI=1S/C10H11N5O/c1-6-2-3-12-5-8(6)14-10(16)9-7(11)4-13-15-9/h2-5H,11H2,1H3,(H,13,15)(H,14,16). The summed E-state index contributed by atoms with van der Waals surface area (Å²) >= 11 is 0. The smallest absolute Gasteiger partial charge is 0.275 e. The highest BCUT2D eigenvalue weighted by Crippen LogP contribution is 2.14. The van der Waals surface area contributed by atoms with Gasteiger partial charge in [-0.2, -0.15) is 5.10 Å². The molecule has 2 heterocycles. The van der Waals surface area contributed by atoms with Crippen LogP contribution in [0, 0.1) is 6.92 Å². The first kappa shape index (κ1) is 10.2. The van der Waals surface area contributed by atoms with Crippen LogP contribution in [0.5, 0.6) is 0 Å². The Morgan fingerprint density at radius 1 is 1.50 bits per heavy atom. The predicted octanol–water partition coefficient (Wildman–Crippen LogP) is 0.948. The average molecular weight is 217 g/mol. The third kappa shape index (κ3) is 1.85. The summed E-state index contributed by atoms with van der Waals surface area (Å²) in [5, 5.41) is 8.92. The van der Waals surface area contributed by atoms with Crippen molar-refractivity contribution in [1.82, 2.24) is 15.2 Å². The Morgan fingerprint density at radius 2 is 2.31 bits per heavy atom. The summed E-state index contributed by atoms with van der Waals surface area (Å²) in [4.78, 5) is 15.7. The van der Waals surface area contributed by atoms with Crippen LogP contribution in [0.4, 0.5) is 11.4 Å². The van der Waals surface area contributed by atoms with Gasteiger partial charge in [0.15, 0.2) is 0 Å². The monoisotopic (exact) mass is 217 g/mol. The number of carbonyl (C=O) groups excluding carboxylic acids is 1. The molecule has 2 aromatic heterocycles. The van der Waals surface area contributed by atoms with Crippen LogP contribution in [0.2, 0.25) is 0 Å². The van der Waals surface area contributed by atoms with Crippen LogP contribution in [0.15, 0.2) is 24.7 Å². The first-order chi connectivity index (χ1) is 7.68. The Bertz CT molecular complexity index is 519. The molecule has 0 aliphatic heterocycles. The zero-order valence-corrected chi connectivity index (χ0v) is 8.69. The zero-order valence-electron chi connectivity index (χ0n) is 8.69. The number of hydrogen-bond donors (Lipinski definition) is 3. The van der Waals surface area contributed by atoms with Gasteiger partial charge in [-0.3, -0.25) is 14.9 Å². The maximum Gasteiger partial charge on any atom is 0.275 e. The molecule has 1 amide bonds. The number of carbonyl (C=O) groups is 1. The molecule has 2 rings (SSSR count). The number of aryl methyl sites for hydroxylation is 1. The maximum atomic E-state index is 11.8. The van der Waals surface area contributed by atoms with E-state index in [0.717, 1.165) is 5.56 Å². The van der Waals surface area contributed by atoms with Crippen LogP contribution in [0.1, 0.15) is 16.1 Å². The van der Waals surface area contributed by atoms with Gasteiger partial charge in [-0.25, -0.2) is 0 Å². The zero-order chi connectivity index (χ0) is 11.5. The molecule has 82 valence electrons. The topological polar surface area (TPSA) is 96.7 Å². The van der Waals surface area contributed by atoms with Crippen LogP contribution in [0.25, 0.3) is 0 Å². The molecule has 0 spiro atoms. The summed E-state index contributed by atoms with van der Waals surface area (Å²) < 4.78 is 0. The van der Waals surface area contributed by atoms with Crippen LogP contribution in [0.3, 0.4) is 0 Å². The molecule has 2 aromatic rings. The van der Waals surface area contributed by atoms with Crippen molar-refractivity contribution in [2.45, 2.75) is 6.92 Å². The molecule has 16 heavy (non-hydrogen) atoms. The minimum absolute atomic E-state index is 0.253. The van der Waals surface area contributed by atoms with E-state index in [9.17, 15) is 4.79 Å². The lowest BCUT2D eigenvalue weighted by Gasteiger charge is -2.06. The number of amides is 1. The molecule has 6 nitrogen and oxygen atoms in total. The maximum absolute atomic E-state index is 11.8. The number of rotatable bonds is 2. The molecule has 0 radical (unpaired) electrons. The van der Waals surface area contributed by atoms with E-state index in [4.69, 9.17) is 5.73 Å². The highest BCUT2D eigenvalue weighted by Gasteiger charge is 2.12. The number of pyridine rings is 1. The summed E-state index contributed by atoms with van der Waals surface area (Å²) in [6, 6.07) is 1.81. The average Bonchev–Trinajstić information content (AvgIpc) is 2.68. The van der Waals surface area contributed by atoms with Crippen LogP contribution < -0.4 is 11.1 Å². The van der Waals surface area contributed by atoms with Crippen molar-refractivity contribution < 1.29 is 4.79 Å². The van der Waals surface area contributed by atoms with Gasteiger partial charge < -0.3 is 11.1 Å². The molecular weight excluding hydrogens is 206 g/mol. The molecule has 0 bridgehead atoms. The van der Waals surface area contributed by atoms with Crippen molar-refractivity contribution in [3.05, 3.63) is 35.9 Å². The first-order valence-corrected chi connectivity index (χ1v) is 4.69. The summed E-state index contributed by atoms with van der Waals surface area (Å²) in [6.45, 7) is 1.88. The number of anilines is 2. The number of H-pyrrole nitrogens is 1. The van der Waals surface area contributed by atoms with Crippen molar-refractivity contribution in [2.75, 3.05) is 11.1 Å². The molecule has 0 aromatic carbocycles. The third-order valence-corrected chi connectivity index (χ3v) is 2.18. The third-order valence-electron chi connectivity index (χ3n) is 2.18. The highest BCUT2D eigenvalue weighted by atomic mass is 16.2. The largest absolute Gasteiger partial charge is 0.396 e. The van der Waals surface area contributed by atoms with E-state index in [1.165, 1.54) is 6.20 Å². The van der Waals surface area contributed by atoms with Gasteiger partial charge in [-0.1, -0.05) is 0 Å². The highest BCUT2D eigenvalue weighted by molar-refractivity contribution is 6.06. The second kappa shape index (κ2) is 4.01. The van der Waals surface area contributed by atoms with Gasteiger partial charge in [0.1, 0.15) is 5.69 Å². The molecule has 0 aliphatic rings. The summed E-state index contributed by atoms with van der Waals surface area (Å²) in [5.41, 5.74) is 7.72. The van der Waals surface area contributed by atoms with Crippen molar-refractivity contribution >= 4 is 17.3 Å². The number of hydrogen-bond acceptors (Lipinski definition) is 4. The lowest BCUT2D eigenvalue weighted by atomic mass is 10.2. The molecule has 0 aliphatic carbocycles. The predicted molar refractivity (Wildman–Crippen MR) is 59.9 cm³/mol. The molecule has 4 N–H and O–H groups in total. The Morgan fingerprint density at radius 3 is 2.94 bits per heavy atom. The molecule has 0 atom stereocenters. The van der Waals surface area contributed by atoms with E-state index in [1.54, 1.807) is 12.4 Å². The molecule has 0 fully saturated rings. The van der Waals surface area contributed by atoms with Gasteiger partial charge in [0.05, 0.1) is 23.8 Å². The first-order valence-electron chi connectivity index (χ1n) is 4.69. The van der Waals surface area contributed by atoms with Crippen molar-refractivity contribution in [3.8, 4) is 0 Å². The lowest BCUT2D eigenvalue weighted by molar-refractivity contribution is 0.102. The van der Waals surface area contributed by atoms with Gasteiger partial charge in [0.2, 0.25) is 0 Å². The molecular formula is C10H11N5O. The van der Waals surface area contributed by atoms with Crippen LogP contribution in [-0.4, -0.2) is 21.1 Å². The fourth-order valence-electron chi connectivity index (χ4n) is 1.26. The fourth-order valence-corrected chi connectivity index (χ4v) is 1.26. The van der Waals surface area contributed by atoms with Gasteiger partial charge in [-0.15, -0.1) is 0 Å². The second-order valence-corrected chi connectivity index (χ2v) is 3.35. The van der Waals surface area contributed by atoms with E-state index < -0.39 is 0 Å². The Labute approximate surface area is 91.9 Å². The van der Waals surface area contributed by atoms with Crippen molar-refractivity contribution in [3.63, 3.8) is 0 Å². The van der Waals surface area contributed by atoms with E-state index in [1.807, 2.05) is 13.0 Å². The Kier molecular flexibility index (Phi) is 2.55. The molecule has 0 saturated carbocycles. The Hall–Kier alpha value is -2.37. The van der Waals surface area contributed by atoms with Gasteiger partial charge in [0.25, 0.3) is 5.91 Å². The number of nitrogens with one attached hydrogen (secondary N) is 2. The van der Waals surface area contributed by atoms with Crippen LogP contribution >= 0.6 is 0 Å². The van der Waals surface area contributed by atoms with E-state index in [0.29, 0.717) is 11.4 Å². The van der Waals surface area contributed by atoms with E-state index in [2.05, 4.69) is 20.5 Å². The Balaban J connectivity index is 2.21. The van der Waals surface area contributed by atoms with E-state index >= 15 is 0 Å². The SMILES string of the molecule is Cc1ccncc1NC(=O)c1[nH]ncc1N. The van der Waals surface area contributed by atoms with Gasteiger partial charge in [0, 0.05) is 6.20 Å². The minimum Gasteiger partial charge on any atom is -0.396 e. The summed E-state index contributed by atoms with van der Waals surface area (Å²) in [7, 11) is 0. The number of nitrogen functional groups attached to an aromatic ring is 1. The summed E-state index contributed by atoms with van der Waals surface area (Å²) in [6.07, 6.45) is 4.64. The van der Waals surface area contributed by atoms with E-state index in [-0.39, 0.29) is 11.6 Å². The number of nitrogens with two attached hydrogens (primary N) is 1. The number of aromatic nitrogens is 3. The van der Waals surface area contributed by atoms with Crippen molar-refractivity contribution in [2.24, 2.45) is 0 Å². The molecule has 6 heteroatoms. The van der Waals surface area contributed by atoms with Crippen molar-refractivity contribution in [1.29, 1.82) is 0 Å². The number of aromatic amines is 1. The normalized spacial score (nSPS) is 10.1. The van der Waals surface area contributed by atoms with Gasteiger partial charge in [-0.05, 0) is 18.6 Å². The lowest BCUT2D eigenvalue weighted by Crippen LogP contribution is -2.15.